The molecule has 0 spiro atoms. The van der Waals surface area contributed by atoms with E-state index in [-0.39, 0.29) is 12.5 Å². The highest BCUT2D eigenvalue weighted by Gasteiger charge is 2.28. The van der Waals surface area contributed by atoms with Gasteiger partial charge in [0.15, 0.2) is 0 Å². The third kappa shape index (κ3) is 3.16. The van der Waals surface area contributed by atoms with Crippen LogP contribution in [-0.2, 0) is 15.0 Å². The topological polar surface area (TPSA) is 69.7 Å². The molecule has 0 unspecified atom stereocenters. The van der Waals surface area contributed by atoms with E-state index in [0.29, 0.717) is 13.1 Å². The van der Waals surface area contributed by atoms with Gasteiger partial charge in [-0.05, 0) is 12.8 Å². The van der Waals surface area contributed by atoms with Crippen molar-refractivity contribution in [2.45, 2.75) is 19.3 Å². The summed E-state index contributed by atoms with van der Waals surface area (Å²) in [5.74, 6) is -0.303. The SMILES string of the molecule is CNC(=O)CN(C)S(=O)(=O)N1CCCCC1. The lowest BCUT2D eigenvalue weighted by molar-refractivity contribution is -0.120. The average Bonchev–Trinajstić information content (AvgIpc) is 2.29. The number of nitrogens with one attached hydrogen (secondary N) is 1. The first-order valence-electron chi connectivity index (χ1n) is 5.40. The zero-order valence-corrected chi connectivity index (χ0v) is 10.6. The zero-order chi connectivity index (χ0) is 12.2. The van der Waals surface area contributed by atoms with Gasteiger partial charge in [-0.15, -0.1) is 0 Å². The molecular weight excluding hydrogens is 230 g/mol. The van der Waals surface area contributed by atoms with E-state index >= 15 is 0 Å². The molecule has 1 N–H and O–H groups in total. The van der Waals surface area contributed by atoms with Crippen molar-refractivity contribution in [2.75, 3.05) is 33.7 Å². The summed E-state index contributed by atoms with van der Waals surface area (Å²) in [6.07, 6.45) is 2.87. The van der Waals surface area contributed by atoms with Crippen molar-refractivity contribution < 1.29 is 13.2 Å². The van der Waals surface area contributed by atoms with Crippen LogP contribution >= 0.6 is 0 Å². The number of carbonyl (C=O) groups excluding carboxylic acids is 1. The van der Waals surface area contributed by atoms with Crippen LogP contribution in [0.4, 0.5) is 0 Å². The lowest BCUT2D eigenvalue weighted by Crippen LogP contribution is -2.47. The minimum Gasteiger partial charge on any atom is -0.358 e. The molecule has 0 bridgehead atoms. The molecule has 0 atom stereocenters. The van der Waals surface area contributed by atoms with Crippen molar-refractivity contribution in [2.24, 2.45) is 0 Å². The predicted octanol–water partition coefficient (Wildman–Crippen LogP) is -0.605. The Kier molecular flexibility index (Phi) is 4.69. The molecule has 1 saturated heterocycles. The van der Waals surface area contributed by atoms with Gasteiger partial charge in [-0.25, -0.2) is 0 Å². The molecule has 1 fully saturated rings. The minimum atomic E-state index is -3.46. The Labute approximate surface area is 96.8 Å². The van der Waals surface area contributed by atoms with Gasteiger partial charge in [-0.2, -0.15) is 17.0 Å². The maximum absolute atomic E-state index is 12.0. The highest BCUT2D eigenvalue weighted by atomic mass is 32.2. The number of nitrogens with zero attached hydrogens (tertiary/aromatic N) is 2. The summed E-state index contributed by atoms with van der Waals surface area (Å²) in [4.78, 5) is 11.1. The Morgan fingerprint density at radius 2 is 1.88 bits per heavy atom. The summed E-state index contributed by atoms with van der Waals surface area (Å²) in [6.45, 7) is 0.982. The predicted molar refractivity (Wildman–Crippen MR) is 61.0 cm³/mol. The van der Waals surface area contributed by atoms with Crippen molar-refractivity contribution in [1.29, 1.82) is 0 Å². The maximum atomic E-state index is 12.0. The van der Waals surface area contributed by atoms with E-state index in [1.165, 1.54) is 18.4 Å². The van der Waals surface area contributed by atoms with Crippen molar-refractivity contribution in [3.63, 3.8) is 0 Å². The second-order valence-corrected chi connectivity index (χ2v) is 5.93. The summed E-state index contributed by atoms with van der Waals surface area (Å²) in [5, 5.41) is 2.41. The number of rotatable bonds is 4. The van der Waals surface area contributed by atoms with Crippen LogP contribution in [0, 0.1) is 0 Å². The van der Waals surface area contributed by atoms with E-state index in [4.69, 9.17) is 0 Å². The number of hydrogen-bond donors (Lipinski definition) is 1. The molecule has 16 heavy (non-hydrogen) atoms. The molecular formula is C9H19N3O3S. The van der Waals surface area contributed by atoms with E-state index in [0.717, 1.165) is 23.6 Å². The van der Waals surface area contributed by atoms with Crippen molar-refractivity contribution in [3.8, 4) is 0 Å². The number of hydrogen-bond acceptors (Lipinski definition) is 3. The zero-order valence-electron chi connectivity index (χ0n) is 9.77. The summed E-state index contributed by atoms with van der Waals surface area (Å²) in [5.41, 5.74) is 0. The van der Waals surface area contributed by atoms with E-state index in [1.807, 2.05) is 0 Å². The molecule has 1 rings (SSSR count). The van der Waals surface area contributed by atoms with E-state index in [1.54, 1.807) is 0 Å². The fraction of sp³-hybridized carbons (Fsp3) is 0.889. The first-order chi connectivity index (χ1) is 7.48. The average molecular weight is 249 g/mol. The molecule has 0 aromatic heterocycles. The Balaban J connectivity index is 2.64. The first-order valence-corrected chi connectivity index (χ1v) is 6.80. The van der Waals surface area contributed by atoms with Crippen LogP contribution in [0.1, 0.15) is 19.3 Å². The van der Waals surface area contributed by atoms with Gasteiger partial charge in [0, 0.05) is 27.2 Å². The number of piperidine rings is 1. The van der Waals surface area contributed by atoms with Crippen LogP contribution in [0.25, 0.3) is 0 Å². The molecule has 1 aliphatic heterocycles. The first kappa shape index (κ1) is 13.4. The molecule has 1 aliphatic rings. The van der Waals surface area contributed by atoms with Crippen LogP contribution in [0.5, 0.6) is 0 Å². The fourth-order valence-corrected chi connectivity index (χ4v) is 3.05. The monoisotopic (exact) mass is 249 g/mol. The van der Waals surface area contributed by atoms with Crippen LogP contribution in [0.3, 0.4) is 0 Å². The molecule has 0 saturated carbocycles. The van der Waals surface area contributed by atoms with Gasteiger partial charge in [0.1, 0.15) is 0 Å². The summed E-state index contributed by atoms with van der Waals surface area (Å²) < 4.78 is 26.6. The molecule has 1 amide bonds. The Morgan fingerprint density at radius 3 is 2.38 bits per heavy atom. The van der Waals surface area contributed by atoms with Gasteiger partial charge in [-0.1, -0.05) is 6.42 Å². The summed E-state index contributed by atoms with van der Waals surface area (Å²) in [6, 6.07) is 0. The van der Waals surface area contributed by atoms with Crippen molar-refractivity contribution in [1.82, 2.24) is 13.9 Å². The van der Waals surface area contributed by atoms with Crippen LogP contribution in [0.15, 0.2) is 0 Å². The third-order valence-electron chi connectivity index (χ3n) is 2.68. The number of likely N-dealkylation sites (N-methyl/N-ethyl adjacent to an activating group) is 2. The maximum Gasteiger partial charge on any atom is 0.282 e. The Hall–Kier alpha value is -0.660. The standard InChI is InChI=1S/C9H19N3O3S/c1-10-9(13)8-11(2)16(14,15)12-6-4-3-5-7-12/h3-8H2,1-2H3,(H,10,13). The molecule has 0 aromatic carbocycles. The van der Waals surface area contributed by atoms with Gasteiger partial charge in [0.25, 0.3) is 10.2 Å². The molecule has 94 valence electrons. The number of carbonyl (C=O) groups is 1. The molecule has 0 aromatic rings. The van der Waals surface area contributed by atoms with Crippen molar-refractivity contribution in [3.05, 3.63) is 0 Å². The second-order valence-electron chi connectivity index (χ2n) is 3.90. The highest BCUT2D eigenvalue weighted by Crippen LogP contribution is 2.14. The second kappa shape index (κ2) is 5.60. The Morgan fingerprint density at radius 1 is 1.31 bits per heavy atom. The van der Waals surface area contributed by atoms with Gasteiger partial charge in [0.2, 0.25) is 5.91 Å². The van der Waals surface area contributed by atoms with Crippen LogP contribution in [0.2, 0.25) is 0 Å². The summed E-state index contributed by atoms with van der Waals surface area (Å²) in [7, 11) is -0.542. The van der Waals surface area contributed by atoms with E-state index < -0.39 is 10.2 Å². The van der Waals surface area contributed by atoms with Gasteiger partial charge in [0.05, 0.1) is 6.54 Å². The van der Waals surface area contributed by atoms with Crippen LogP contribution < -0.4 is 5.32 Å². The lowest BCUT2D eigenvalue weighted by Gasteiger charge is -2.29. The molecule has 0 aliphatic carbocycles. The van der Waals surface area contributed by atoms with Crippen LogP contribution in [-0.4, -0.2) is 56.7 Å². The largest absolute Gasteiger partial charge is 0.358 e. The highest BCUT2D eigenvalue weighted by molar-refractivity contribution is 7.86. The minimum absolute atomic E-state index is 0.130. The number of amides is 1. The quantitative estimate of drug-likeness (QED) is 0.723. The molecule has 6 nitrogen and oxygen atoms in total. The third-order valence-corrected chi connectivity index (χ3v) is 4.61. The van der Waals surface area contributed by atoms with Gasteiger partial charge in [-0.3, -0.25) is 4.79 Å². The molecule has 1 heterocycles. The molecule has 0 radical (unpaired) electrons. The fourth-order valence-electron chi connectivity index (χ4n) is 1.66. The van der Waals surface area contributed by atoms with Gasteiger partial charge < -0.3 is 5.32 Å². The Bertz CT molecular complexity index is 336. The normalized spacial score (nSPS) is 18.7. The van der Waals surface area contributed by atoms with Gasteiger partial charge >= 0.3 is 0 Å². The lowest BCUT2D eigenvalue weighted by atomic mass is 10.2. The van der Waals surface area contributed by atoms with Crippen molar-refractivity contribution >= 4 is 16.1 Å². The van der Waals surface area contributed by atoms with E-state index in [9.17, 15) is 13.2 Å². The van der Waals surface area contributed by atoms with E-state index in [2.05, 4.69) is 5.32 Å². The smallest absolute Gasteiger partial charge is 0.282 e. The summed E-state index contributed by atoms with van der Waals surface area (Å²) >= 11 is 0. The molecule has 7 heteroatoms.